The first kappa shape index (κ1) is 11.4. The van der Waals surface area contributed by atoms with Crippen LogP contribution in [0.3, 0.4) is 0 Å². The third-order valence-corrected chi connectivity index (χ3v) is 3.51. The Morgan fingerprint density at radius 1 is 1.38 bits per heavy atom. The van der Waals surface area contributed by atoms with E-state index < -0.39 is 0 Å². The summed E-state index contributed by atoms with van der Waals surface area (Å²) in [5.41, 5.74) is 5.28. The molecule has 0 radical (unpaired) electrons. The van der Waals surface area contributed by atoms with Crippen molar-refractivity contribution in [2.45, 2.75) is 19.3 Å². The van der Waals surface area contributed by atoms with E-state index in [4.69, 9.17) is 5.73 Å². The molecular formula is C11H19N3O2. The predicted octanol–water partition coefficient (Wildman–Crippen LogP) is -0.680. The third kappa shape index (κ3) is 2.52. The molecule has 2 rings (SSSR count). The highest BCUT2D eigenvalue weighted by Crippen LogP contribution is 2.18. The second-order valence-corrected chi connectivity index (χ2v) is 4.81. The maximum absolute atomic E-state index is 11.9. The van der Waals surface area contributed by atoms with Crippen molar-refractivity contribution in [1.82, 2.24) is 10.2 Å². The number of hydrogen-bond acceptors (Lipinski definition) is 3. The second-order valence-electron chi connectivity index (χ2n) is 4.81. The molecule has 5 heteroatoms. The number of likely N-dealkylation sites (tertiary alicyclic amines) is 1. The monoisotopic (exact) mass is 225 g/mol. The fraction of sp³-hybridized carbons (Fsp3) is 0.818. The molecule has 0 aromatic heterocycles. The van der Waals surface area contributed by atoms with Gasteiger partial charge in [-0.25, -0.2) is 0 Å². The zero-order chi connectivity index (χ0) is 11.5. The van der Waals surface area contributed by atoms with Gasteiger partial charge in [-0.15, -0.1) is 0 Å². The minimum Gasteiger partial charge on any atom is -0.369 e. The largest absolute Gasteiger partial charge is 0.369 e. The highest BCUT2D eigenvalue weighted by atomic mass is 16.2. The number of nitrogens with two attached hydrogens (primary N) is 1. The van der Waals surface area contributed by atoms with Crippen molar-refractivity contribution >= 4 is 11.8 Å². The van der Waals surface area contributed by atoms with E-state index in [9.17, 15) is 9.59 Å². The molecule has 1 atom stereocenters. The van der Waals surface area contributed by atoms with Crippen LogP contribution in [0.4, 0.5) is 0 Å². The predicted molar refractivity (Wildman–Crippen MR) is 59.5 cm³/mol. The van der Waals surface area contributed by atoms with Crippen LogP contribution >= 0.6 is 0 Å². The number of amides is 2. The summed E-state index contributed by atoms with van der Waals surface area (Å²) in [6.07, 6.45) is 2.32. The lowest BCUT2D eigenvalue weighted by atomic mass is 9.95. The summed E-state index contributed by atoms with van der Waals surface area (Å²) in [6.45, 7) is 3.19. The molecule has 5 nitrogen and oxygen atoms in total. The van der Waals surface area contributed by atoms with Gasteiger partial charge in [-0.05, 0) is 31.8 Å². The van der Waals surface area contributed by atoms with Gasteiger partial charge in [0.2, 0.25) is 11.8 Å². The van der Waals surface area contributed by atoms with Gasteiger partial charge in [0.15, 0.2) is 0 Å². The van der Waals surface area contributed by atoms with Crippen LogP contribution in [0.1, 0.15) is 19.3 Å². The van der Waals surface area contributed by atoms with Gasteiger partial charge in [-0.1, -0.05) is 0 Å². The quantitative estimate of drug-likeness (QED) is 0.668. The molecule has 0 spiro atoms. The molecule has 90 valence electrons. The summed E-state index contributed by atoms with van der Waals surface area (Å²) in [5.74, 6) is 0.249. The Labute approximate surface area is 95.3 Å². The molecule has 1 unspecified atom stereocenters. The number of nitrogens with zero attached hydrogens (tertiary/aromatic N) is 1. The minimum atomic E-state index is -0.275. The Bertz CT molecular complexity index is 289. The number of carbonyl (C=O) groups is 2. The summed E-state index contributed by atoms with van der Waals surface area (Å²) in [7, 11) is 0. The summed E-state index contributed by atoms with van der Waals surface area (Å²) >= 11 is 0. The molecule has 0 saturated carbocycles. The van der Waals surface area contributed by atoms with Gasteiger partial charge in [-0.2, -0.15) is 0 Å². The van der Waals surface area contributed by atoms with Crippen LogP contribution in [-0.2, 0) is 9.59 Å². The topological polar surface area (TPSA) is 75.4 Å². The SMILES string of the molecule is NC(=O)C1CCCN(C(=O)CC2CNC2)C1. The highest BCUT2D eigenvalue weighted by Gasteiger charge is 2.29. The van der Waals surface area contributed by atoms with Gasteiger partial charge in [0.1, 0.15) is 0 Å². The number of primary amides is 1. The first-order valence-corrected chi connectivity index (χ1v) is 5.94. The maximum atomic E-state index is 11.9. The van der Waals surface area contributed by atoms with E-state index in [2.05, 4.69) is 5.32 Å². The molecule has 0 aromatic rings. The van der Waals surface area contributed by atoms with Crippen LogP contribution in [0.25, 0.3) is 0 Å². The lowest BCUT2D eigenvalue weighted by molar-refractivity contribution is -0.136. The molecule has 0 bridgehead atoms. The fourth-order valence-corrected chi connectivity index (χ4v) is 2.30. The number of carbonyl (C=O) groups excluding carboxylic acids is 2. The first-order valence-electron chi connectivity index (χ1n) is 5.94. The van der Waals surface area contributed by atoms with Gasteiger partial charge in [-0.3, -0.25) is 9.59 Å². The molecule has 2 aliphatic rings. The van der Waals surface area contributed by atoms with Crippen molar-refractivity contribution in [2.24, 2.45) is 17.6 Å². The lowest BCUT2D eigenvalue weighted by Gasteiger charge is -2.34. The molecule has 3 N–H and O–H groups in total. The molecule has 2 heterocycles. The minimum absolute atomic E-state index is 0.141. The summed E-state index contributed by atoms with van der Waals surface area (Å²) < 4.78 is 0. The second kappa shape index (κ2) is 4.82. The van der Waals surface area contributed by atoms with Gasteiger partial charge >= 0.3 is 0 Å². The summed E-state index contributed by atoms with van der Waals surface area (Å²) in [6, 6.07) is 0. The fourth-order valence-electron chi connectivity index (χ4n) is 2.30. The van der Waals surface area contributed by atoms with Gasteiger partial charge in [0, 0.05) is 19.5 Å². The number of piperidine rings is 1. The van der Waals surface area contributed by atoms with Crippen LogP contribution in [0.5, 0.6) is 0 Å². The third-order valence-electron chi connectivity index (χ3n) is 3.51. The van der Waals surface area contributed by atoms with Crippen LogP contribution in [0.15, 0.2) is 0 Å². The van der Waals surface area contributed by atoms with Gasteiger partial charge in [0.25, 0.3) is 0 Å². The van der Waals surface area contributed by atoms with E-state index in [1.165, 1.54) is 0 Å². The molecule has 2 aliphatic heterocycles. The number of rotatable bonds is 3. The van der Waals surface area contributed by atoms with E-state index in [1.807, 2.05) is 0 Å². The van der Waals surface area contributed by atoms with Crippen LogP contribution < -0.4 is 11.1 Å². The number of hydrogen-bond donors (Lipinski definition) is 2. The van der Waals surface area contributed by atoms with Crippen molar-refractivity contribution in [1.29, 1.82) is 0 Å². The molecule has 2 saturated heterocycles. The first-order chi connectivity index (χ1) is 7.66. The lowest BCUT2D eigenvalue weighted by Crippen LogP contribution is -2.48. The molecule has 0 aromatic carbocycles. The Balaban J connectivity index is 1.83. The van der Waals surface area contributed by atoms with Crippen molar-refractivity contribution < 1.29 is 9.59 Å². The van der Waals surface area contributed by atoms with Gasteiger partial charge in [0.05, 0.1) is 5.92 Å². The average molecular weight is 225 g/mol. The number of nitrogens with one attached hydrogen (secondary N) is 1. The summed E-state index contributed by atoms with van der Waals surface area (Å²) in [5, 5.41) is 3.15. The van der Waals surface area contributed by atoms with Gasteiger partial charge < -0.3 is 16.0 Å². The smallest absolute Gasteiger partial charge is 0.222 e. The molecular weight excluding hydrogens is 206 g/mol. The summed E-state index contributed by atoms with van der Waals surface area (Å²) in [4.78, 5) is 24.8. The Morgan fingerprint density at radius 2 is 2.12 bits per heavy atom. The van der Waals surface area contributed by atoms with Crippen LogP contribution in [0.2, 0.25) is 0 Å². The Hall–Kier alpha value is -1.10. The van der Waals surface area contributed by atoms with Crippen molar-refractivity contribution in [3.8, 4) is 0 Å². The normalized spacial score (nSPS) is 26.2. The Morgan fingerprint density at radius 3 is 2.69 bits per heavy atom. The zero-order valence-electron chi connectivity index (χ0n) is 9.45. The zero-order valence-corrected chi connectivity index (χ0v) is 9.45. The van der Waals surface area contributed by atoms with E-state index in [1.54, 1.807) is 4.90 Å². The molecule has 0 aliphatic carbocycles. The van der Waals surface area contributed by atoms with E-state index in [-0.39, 0.29) is 17.7 Å². The highest BCUT2D eigenvalue weighted by molar-refractivity contribution is 5.80. The van der Waals surface area contributed by atoms with E-state index in [0.29, 0.717) is 18.9 Å². The maximum Gasteiger partial charge on any atom is 0.222 e. The van der Waals surface area contributed by atoms with E-state index in [0.717, 1.165) is 32.5 Å². The standard InChI is InChI=1S/C11H19N3O2/c12-11(16)9-2-1-3-14(7-9)10(15)4-8-5-13-6-8/h8-9,13H,1-7H2,(H2,12,16). The van der Waals surface area contributed by atoms with Crippen molar-refractivity contribution in [3.05, 3.63) is 0 Å². The molecule has 16 heavy (non-hydrogen) atoms. The van der Waals surface area contributed by atoms with Crippen molar-refractivity contribution in [2.75, 3.05) is 26.2 Å². The van der Waals surface area contributed by atoms with E-state index >= 15 is 0 Å². The van der Waals surface area contributed by atoms with Crippen molar-refractivity contribution in [3.63, 3.8) is 0 Å². The van der Waals surface area contributed by atoms with Crippen LogP contribution in [0, 0.1) is 11.8 Å². The Kier molecular flexibility index (Phi) is 3.43. The van der Waals surface area contributed by atoms with Crippen LogP contribution in [-0.4, -0.2) is 42.9 Å². The molecule has 2 fully saturated rings. The average Bonchev–Trinajstić information content (AvgIpc) is 2.23. The molecule has 2 amide bonds.